The molecule has 2 nitrogen and oxygen atoms in total. The maximum atomic E-state index is 12.7. The average molecular weight is 447 g/mol. The summed E-state index contributed by atoms with van der Waals surface area (Å²) in [5.74, 6) is 12.7. The van der Waals surface area contributed by atoms with Gasteiger partial charge in [0.15, 0.2) is 8.24 Å². The van der Waals surface area contributed by atoms with Gasteiger partial charge in [-0.3, -0.25) is 4.79 Å². The molecule has 2 atom stereocenters. The van der Waals surface area contributed by atoms with Crippen molar-refractivity contribution in [1.82, 2.24) is 4.57 Å². The molecule has 22 heavy (non-hydrogen) atoms. The number of nitrogens with zero attached hydrogens (tertiary/aromatic N) is 1. The molecule has 0 spiro atoms. The smallest absolute Gasteiger partial charge is 0.221 e. The SMILES string of the molecule is CC(C)(C)[Si](C)(C)N1C(=O)[C@H](CC#CCBr)[C@H]1CC#CCBr. The van der Waals surface area contributed by atoms with E-state index in [1.165, 1.54) is 0 Å². The van der Waals surface area contributed by atoms with Crippen molar-refractivity contribution < 1.29 is 4.79 Å². The van der Waals surface area contributed by atoms with E-state index >= 15 is 0 Å². The molecule has 1 rings (SSSR count). The van der Waals surface area contributed by atoms with Gasteiger partial charge in [-0.05, 0) is 5.04 Å². The van der Waals surface area contributed by atoms with Crippen LogP contribution in [0.5, 0.6) is 0 Å². The first kappa shape index (κ1) is 19.8. The Labute approximate surface area is 153 Å². The summed E-state index contributed by atoms with van der Waals surface area (Å²) in [6.07, 6.45) is 1.40. The summed E-state index contributed by atoms with van der Waals surface area (Å²) >= 11 is 6.63. The topological polar surface area (TPSA) is 20.3 Å². The lowest BCUT2D eigenvalue weighted by atomic mass is 9.85. The van der Waals surface area contributed by atoms with Gasteiger partial charge in [-0.1, -0.05) is 77.6 Å². The summed E-state index contributed by atoms with van der Waals surface area (Å²) in [5, 5.41) is 1.49. The third-order valence-corrected chi connectivity index (χ3v) is 10.8. The Bertz CT molecular complexity index is 531. The van der Waals surface area contributed by atoms with Crippen molar-refractivity contribution >= 4 is 46.0 Å². The molecular weight excluding hydrogens is 422 g/mol. The predicted octanol–water partition coefficient (Wildman–Crippen LogP) is 4.40. The quantitative estimate of drug-likeness (QED) is 0.272. The lowest BCUT2D eigenvalue weighted by molar-refractivity contribution is -0.147. The zero-order chi connectivity index (χ0) is 17.0. The van der Waals surface area contributed by atoms with Crippen LogP contribution in [0.25, 0.3) is 0 Å². The molecule has 0 bridgehead atoms. The zero-order valence-electron chi connectivity index (χ0n) is 14.1. The fourth-order valence-electron chi connectivity index (χ4n) is 2.57. The molecule has 0 unspecified atom stereocenters. The highest BCUT2D eigenvalue weighted by Gasteiger charge is 2.56. The Kier molecular flexibility index (Phi) is 7.24. The number of carbonyl (C=O) groups is 1. The number of β-lactam (4-membered cyclic amide) rings is 1. The molecule has 1 heterocycles. The number of hydrogen-bond acceptors (Lipinski definition) is 1. The molecule has 1 fully saturated rings. The van der Waals surface area contributed by atoms with Crippen molar-refractivity contribution in [3.63, 3.8) is 0 Å². The van der Waals surface area contributed by atoms with Gasteiger partial charge in [-0.2, -0.15) is 0 Å². The van der Waals surface area contributed by atoms with Gasteiger partial charge in [0.25, 0.3) is 0 Å². The third-order valence-electron chi connectivity index (χ3n) is 4.81. The Hall–Kier alpha value is -0.233. The van der Waals surface area contributed by atoms with Crippen LogP contribution in [0.4, 0.5) is 0 Å². The van der Waals surface area contributed by atoms with Crippen LogP contribution in [-0.2, 0) is 4.79 Å². The Morgan fingerprint density at radius 2 is 1.55 bits per heavy atom. The maximum Gasteiger partial charge on any atom is 0.221 e. The minimum absolute atomic E-state index is 0.0188. The Morgan fingerprint density at radius 1 is 1.05 bits per heavy atom. The van der Waals surface area contributed by atoms with E-state index in [0.29, 0.717) is 17.1 Å². The van der Waals surface area contributed by atoms with Crippen LogP contribution in [0.2, 0.25) is 18.1 Å². The van der Waals surface area contributed by atoms with Gasteiger partial charge in [-0.15, -0.1) is 11.8 Å². The molecule has 0 N–H and O–H groups in total. The van der Waals surface area contributed by atoms with E-state index in [9.17, 15) is 4.79 Å². The third kappa shape index (κ3) is 4.19. The second kappa shape index (κ2) is 8.04. The standard InChI is InChI=1S/C17H25Br2NOSi/c1-17(2,3)22(4,5)20-15(11-7-9-13-19)14(16(20)21)10-6-8-12-18/h14-15H,10-13H2,1-5H3/t14-,15-/m1/s1. The second-order valence-corrected chi connectivity index (χ2v) is 13.3. The minimum Gasteiger partial charge on any atom is -0.364 e. The number of hydrogen-bond donors (Lipinski definition) is 0. The van der Waals surface area contributed by atoms with Crippen LogP contribution < -0.4 is 0 Å². The molecule has 0 aromatic carbocycles. The van der Waals surface area contributed by atoms with Crippen molar-refractivity contribution in [1.29, 1.82) is 0 Å². The van der Waals surface area contributed by atoms with Gasteiger partial charge in [-0.25, -0.2) is 0 Å². The number of alkyl halides is 2. The summed E-state index contributed by atoms with van der Waals surface area (Å²) in [4.78, 5) is 12.7. The van der Waals surface area contributed by atoms with E-state index in [-0.39, 0.29) is 22.9 Å². The second-order valence-electron chi connectivity index (χ2n) is 7.07. The lowest BCUT2D eigenvalue weighted by Gasteiger charge is -2.58. The largest absolute Gasteiger partial charge is 0.364 e. The number of amides is 1. The first-order chi connectivity index (χ1) is 10.2. The molecule has 5 heteroatoms. The van der Waals surface area contributed by atoms with Gasteiger partial charge >= 0.3 is 0 Å². The maximum absolute atomic E-state index is 12.7. The molecule has 0 aromatic heterocycles. The summed E-state index contributed by atoms with van der Waals surface area (Å²) in [6.45, 7) is 11.3. The summed E-state index contributed by atoms with van der Waals surface area (Å²) in [6, 6.07) is 0.226. The molecule has 1 saturated heterocycles. The number of halogens is 2. The molecule has 0 saturated carbocycles. The number of carbonyl (C=O) groups excluding carboxylic acids is 1. The highest BCUT2D eigenvalue weighted by Crippen LogP contribution is 2.46. The number of rotatable bonds is 3. The van der Waals surface area contributed by atoms with Crippen LogP contribution in [-0.4, -0.2) is 35.4 Å². The highest BCUT2D eigenvalue weighted by atomic mass is 79.9. The normalized spacial score (nSPS) is 21.4. The molecule has 0 aliphatic carbocycles. The van der Waals surface area contributed by atoms with E-state index in [2.05, 4.69) is 94.0 Å². The molecule has 1 aliphatic rings. The van der Waals surface area contributed by atoms with Gasteiger partial charge in [0.1, 0.15) is 0 Å². The Balaban J connectivity index is 2.99. The van der Waals surface area contributed by atoms with Crippen LogP contribution in [0.3, 0.4) is 0 Å². The predicted molar refractivity (Wildman–Crippen MR) is 104 cm³/mol. The average Bonchev–Trinajstić information content (AvgIpc) is 2.41. The highest BCUT2D eigenvalue weighted by molar-refractivity contribution is 9.09. The first-order valence-corrected chi connectivity index (χ1v) is 12.7. The van der Waals surface area contributed by atoms with Gasteiger partial charge < -0.3 is 4.57 Å². The summed E-state index contributed by atoms with van der Waals surface area (Å²) < 4.78 is 2.18. The van der Waals surface area contributed by atoms with Crippen molar-refractivity contribution in [2.75, 3.05) is 10.7 Å². The van der Waals surface area contributed by atoms with Crippen LogP contribution in [0.15, 0.2) is 0 Å². The van der Waals surface area contributed by atoms with E-state index in [0.717, 1.165) is 6.42 Å². The lowest BCUT2D eigenvalue weighted by Crippen LogP contribution is -2.72. The molecule has 0 aromatic rings. The molecule has 1 aliphatic heterocycles. The Morgan fingerprint density at radius 3 is 2.00 bits per heavy atom. The van der Waals surface area contributed by atoms with Crippen molar-refractivity contribution in [3.05, 3.63) is 0 Å². The summed E-state index contributed by atoms with van der Waals surface area (Å²) in [5.41, 5.74) is 0. The van der Waals surface area contributed by atoms with Crippen molar-refractivity contribution in [2.45, 2.75) is 57.8 Å². The minimum atomic E-state index is -1.85. The van der Waals surface area contributed by atoms with Gasteiger partial charge in [0.2, 0.25) is 5.91 Å². The monoisotopic (exact) mass is 445 g/mol. The first-order valence-electron chi connectivity index (χ1n) is 7.55. The fraction of sp³-hybridized carbons (Fsp3) is 0.706. The zero-order valence-corrected chi connectivity index (χ0v) is 18.3. The summed E-state index contributed by atoms with van der Waals surface area (Å²) in [7, 11) is -1.85. The van der Waals surface area contributed by atoms with E-state index < -0.39 is 8.24 Å². The van der Waals surface area contributed by atoms with E-state index in [4.69, 9.17) is 0 Å². The van der Waals surface area contributed by atoms with E-state index in [1.54, 1.807) is 0 Å². The van der Waals surface area contributed by atoms with Crippen molar-refractivity contribution in [2.24, 2.45) is 5.92 Å². The van der Waals surface area contributed by atoms with E-state index in [1.807, 2.05) is 0 Å². The van der Waals surface area contributed by atoms with Crippen molar-refractivity contribution in [3.8, 4) is 23.7 Å². The van der Waals surface area contributed by atoms with Gasteiger partial charge in [0.05, 0.1) is 16.6 Å². The van der Waals surface area contributed by atoms with Crippen LogP contribution in [0.1, 0.15) is 33.6 Å². The molecular formula is C17H25Br2NOSi. The fourth-order valence-corrected chi connectivity index (χ4v) is 5.50. The van der Waals surface area contributed by atoms with Crippen LogP contribution in [0, 0.1) is 29.6 Å². The molecule has 1 amide bonds. The van der Waals surface area contributed by atoms with Gasteiger partial charge in [0, 0.05) is 18.9 Å². The van der Waals surface area contributed by atoms with Crippen LogP contribution >= 0.6 is 31.9 Å². The molecule has 0 radical (unpaired) electrons. The molecule has 122 valence electrons.